The molecule has 0 spiro atoms. The van der Waals surface area contributed by atoms with Crippen molar-refractivity contribution < 1.29 is 4.79 Å². The lowest BCUT2D eigenvalue weighted by Crippen LogP contribution is -2.35. The van der Waals surface area contributed by atoms with Gasteiger partial charge in [-0.15, -0.1) is 6.42 Å². The van der Waals surface area contributed by atoms with Crippen molar-refractivity contribution >= 4 is 5.78 Å². The van der Waals surface area contributed by atoms with Gasteiger partial charge in [-0.1, -0.05) is 0 Å². The van der Waals surface area contributed by atoms with Crippen molar-refractivity contribution in [2.45, 2.75) is 18.4 Å². The van der Waals surface area contributed by atoms with E-state index in [0.717, 1.165) is 12.8 Å². The lowest BCUT2D eigenvalue weighted by molar-refractivity contribution is -0.116. The first-order valence-corrected chi connectivity index (χ1v) is 2.95. The number of carbonyl (C=O) groups is 1. The van der Waals surface area contributed by atoms with Gasteiger partial charge in [0, 0.05) is 0 Å². The first-order valence-electron chi connectivity index (χ1n) is 2.95. The van der Waals surface area contributed by atoms with E-state index in [1.807, 2.05) is 0 Å². The molecular weight excluding hydrogens is 114 g/mol. The van der Waals surface area contributed by atoms with E-state index in [1.54, 1.807) is 7.05 Å². The molecule has 1 aliphatic rings. The molecule has 0 amide bonds. The third kappa shape index (κ3) is 0.839. The van der Waals surface area contributed by atoms with E-state index >= 15 is 0 Å². The Balaban J connectivity index is 2.63. The molecule has 0 unspecified atom stereocenters. The van der Waals surface area contributed by atoms with Crippen LogP contribution in [-0.4, -0.2) is 18.4 Å². The highest BCUT2D eigenvalue weighted by Gasteiger charge is 2.47. The zero-order valence-corrected chi connectivity index (χ0v) is 5.40. The number of carbonyl (C=O) groups excluding carboxylic acids is 1. The fourth-order valence-electron chi connectivity index (χ4n) is 0.854. The fourth-order valence-corrected chi connectivity index (χ4v) is 0.854. The quantitative estimate of drug-likeness (QED) is 0.411. The first-order chi connectivity index (χ1) is 4.25. The Hall–Kier alpha value is -0.810. The summed E-state index contributed by atoms with van der Waals surface area (Å²) in [5.74, 6) is 2.01. The molecule has 0 heterocycles. The highest BCUT2D eigenvalue weighted by Crippen LogP contribution is 2.35. The molecule has 1 saturated carbocycles. The first kappa shape index (κ1) is 6.31. The van der Waals surface area contributed by atoms with Crippen LogP contribution in [0.25, 0.3) is 0 Å². The van der Waals surface area contributed by atoms with Crippen LogP contribution in [0.3, 0.4) is 0 Å². The SMILES string of the molecule is C#CC(=O)C1(NC)CC1. The molecular formula is C7H9NO. The molecule has 0 atom stereocenters. The Morgan fingerprint density at radius 2 is 2.33 bits per heavy atom. The number of likely N-dealkylation sites (N-methyl/N-ethyl adjacent to an activating group) is 1. The number of terminal acetylenes is 1. The van der Waals surface area contributed by atoms with E-state index in [-0.39, 0.29) is 11.3 Å². The van der Waals surface area contributed by atoms with E-state index in [0.29, 0.717) is 0 Å². The minimum Gasteiger partial charge on any atom is -0.307 e. The lowest BCUT2D eigenvalue weighted by Gasteiger charge is -2.05. The van der Waals surface area contributed by atoms with Crippen LogP contribution < -0.4 is 5.32 Å². The Morgan fingerprint density at radius 1 is 1.78 bits per heavy atom. The van der Waals surface area contributed by atoms with Crippen LogP contribution in [0.2, 0.25) is 0 Å². The van der Waals surface area contributed by atoms with Crippen LogP contribution in [-0.2, 0) is 4.79 Å². The predicted molar refractivity (Wildman–Crippen MR) is 34.9 cm³/mol. The summed E-state index contributed by atoms with van der Waals surface area (Å²) in [4.78, 5) is 10.8. The highest BCUT2D eigenvalue weighted by molar-refractivity contribution is 6.04. The van der Waals surface area contributed by atoms with Crippen molar-refractivity contribution in [1.82, 2.24) is 5.32 Å². The molecule has 0 aliphatic heterocycles. The minimum atomic E-state index is -0.325. The molecule has 0 bridgehead atoms. The van der Waals surface area contributed by atoms with Crippen LogP contribution in [0.4, 0.5) is 0 Å². The summed E-state index contributed by atoms with van der Waals surface area (Å²) < 4.78 is 0. The zero-order valence-electron chi connectivity index (χ0n) is 5.40. The van der Waals surface area contributed by atoms with Gasteiger partial charge in [0.05, 0.1) is 5.54 Å². The summed E-state index contributed by atoms with van der Waals surface area (Å²) >= 11 is 0. The molecule has 0 saturated heterocycles. The maximum atomic E-state index is 10.8. The smallest absolute Gasteiger partial charge is 0.225 e. The summed E-state index contributed by atoms with van der Waals surface area (Å²) in [6.45, 7) is 0. The molecule has 0 aromatic rings. The summed E-state index contributed by atoms with van der Waals surface area (Å²) in [7, 11) is 1.77. The average Bonchev–Trinajstić information content (AvgIpc) is 2.66. The van der Waals surface area contributed by atoms with Gasteiger partial charge in [-0.3, -0.25) is 4.79 Å². The number of hydrogen-bond acceptors (Lipinski definition) is 2. The standard InChI is InChI=1S/C7H9NO/c1-3-6(9)7(8-2)4-5-7/h1,8H,4-5H2,2H3. The maximum Gasteiger partial charge on any atom is 0.225 e. The van der Waals surface area contributed by atoms with Crippen LogP contribution in [0, 0.1) is 12.3 Å². The van der Waals surface area contributed by atoms with Gasteiger partial charge in [0.25, 0.3) is 0 Å². The van der Waals surface area contributed by atoms with Crippen molar-refractivity contribution in [2.75, 3.05) is 7.05 Å². The third-order valence-electron chi connectivity index (χ3n) is 1.79. The van der Waals surface area contributed by atoms with E-state index in [2.05, 4.69) is 11.2 Å². The van der Waals surface area contributed by atoms with Crippen LogP contribution in [0.5, 0.6) is 0 Å². The van der Waals surface area contributed by atoms with Crippen molar-refractivity contribution in [2.24, 2.45) is 0 Å². The van der Waals surface area contributed by atoms with Crippen molar-refractivity contribution in [3.8, 4) is 12.3 Å². The van der Waals surface area contributed by atoms with Crippen LogP contribution in [0.1, 0.15) is 12.8 Å². The van der Waals surface area contributed by atoms with E-state index in [4.69, 9.17) is 6.42 Å². The summed E-state index contributed by atoms with van der Waals surface area (Å²) in [5, 5.41) is 2.91. The molecule has 2 nitrogen and oxygen atoms in total. The number of Topliss-reactive ketones (excluding diaryl/α,β-unsaturated/α-hetero) is 1. The number of rotatable bonds is 2. The highest BCUT2D eigenvalue weighted by atomic mass is 16.1. The molecule has 9 heavy (non-hydrogen) atoms. The summed E-state index contributed by atoms with van der Waals surface area (Å²) in [6, 6.07) is 0. The summed E-state index contributed by atoms with van der Waals surface area (Å²) in [6.07, 6.45) is 6.72. The molecule has 1 aliphatic carbocycles. The number of hydrogen-bond donors (Lipinski definition) is 1. The van der Waals surface area contributed by atoms with Crippen molar-refractivity contribution in [3.63, 3.8) is 0 Å². The molecule has 1 N–H and O–H groups in total. The molecule has 0 aromatic carbocycles. The Bertz CT molecular complexity index is 174. The van der Waals surface area contributed by atoms with Gasteiger partial charge < -0.3 is 5.32 Å². The molecule has 0 aromatic heterocycles. The van der Waals surface area contributed by atoms with Gasteiger partial charge in [0.2, 0.25) is 5.78 Å². The number of ketones is 1. The Morgan fingerprint density at radius 3 is 2.44 bits per heavy atom. The maximum absolute atomic E-state index is 10.8. The van der Waals surface area contributed by atoms with Gasteiger partial charge in [0.1, 0.15) is 0 Å². The Kier molecular flexibility index (Phi) is 1.30. The van der Waals surface area contributed by atoms with E-state index < -0.39 is 0 Å². The molecule has 0 radical (unpaired) electrons. The monoisotopic (exact) mass is 123 g/mol. The van der Waals surface area contributed by atoms with Gasteiger partial charge in [-0.2, -0.15) is 0 Å². The second kappa shape index (κ2) is 1.85. The normalized spacial score (nSPS) is 20.4. The van der Waals surface area contributed by atoms with Crippen LogP contribution >= 0.6 is 0 Å². The largest absolute Gasteiger partial charge is 0.307 e. The van der Waals surface area contributed by atoms with Gasteiger partial charge in [0.15, 0.2) is 0 Å². The zero-order chi connectivity index (χ0) is 6.91. The predicted octanol–water partition coefficient (Wildman–Crippen LogP) is -0.0593. The second-order valence-electron chi connectivity index (χ2n) is 2.31. The summed E-state index contributed by atoms with van der Waals surface area (Å²) in [5.41, 5.74) is -0.325. The van der Waals surface area contributed by atoms with E-state index in [1.165, 1.54) is 0 Å². The second-order valence-corrected chi connectivity index (χ2v) is 2.31. The van der Waals surface area contributed by atoms with Crippen molar-refractivity contribution in [1.29, 1.82) is 0 Å². The van der Waals surface area contributed by atoms with Gasteiger partial charge in [-0.05, 0) is 25.8 Å². The topological polar surface area (TPSA) is 29.1 Å². The molecule has 1 fully saturated rings. The molecule has 48 valence electrons. The minimum absolute atomic E-state index is 0.106. The Labute approximate surface area is 54.6 Å². The van der Waals surface area contributed by atoms with E-state index in [9.17, 15) is 4.79 Å². The molecule has 1 rings (SSSR count). The van der Waals surface area contributed by atoms with Gasteiger partial charge >= 0.3 is 0 Å². The molecule has 2 heteroatoms. The number of nitrogens with one attached hydrogen (secondary N) is 1. The van der Waals surface area contributed by atoms with Gasteiger partial charge in [-0.25, -0.2) is 0 Å². The lowest BCUT2D eigenvalue weighted by atomic mass is 10.2. The van der Waals surface area contributed by atoms with Crippen molar-refractivity contribution in [3.05, 3.63) is 0 Å². The fraction of sp³-hybridized carbons (Fsp3) is 0.571. The van der Waals surface area contributed by atoms with Crippen LogP contribution in [0.15, 0.2) is 0 Å². The average molecular weight is 123 g/mol. The third-order valence-corrected chi connectivity index (χ3v) is 1.79.